The van der Waals surface area contributed by atoms with Crippen LogP contribution in [-0.4, -0.2) is 54.9 Å². The van der Waals surface area contributed by atoms with Crippen LogP contribution in [0, 0.1) is 0 Å². The highest BCUT2D eigenvalue weighted by atomic mass is 35.5. The molecule has 132 valence electrons. The summed E-state index contributed by atoms with van der Waals surface area (Å²) in [6, 6.07) is 5.35. The van der Waals surface area contributed by atoms with Gasteiger partial charge in [0, 0.05) is 37.6 Å². The van der Waals surface area contributed by atoms with Crippen molar-refractivity contribution in [1.29, 1.82) is 0 Å². The van der Waals surface area contributed by atoms with E-state index in [9.17, 15) is 9.59 Å². The summed E-state index contributed by atoms with van der Waals surface area (Å²) in [6.45, 7) is 4.61. The Morgan fingerprint density at radius 3 is 2.38 bits per heavy atom. The number of benzene rings is 1. The van der Waals surface area contributed by atoms with Crippen LogP contribution in [0.2, 0.25) is 5.02 Å². The van der Waals surface area contributed by atoms with Crippen LogP contribution in [0.15, 0.2) is 18.2 Å². The van der Waals surface area contributed by atoms with E-state index in [1.54, 1.807) is 13.2 Å². The van der Waals surface area contributed by atoms with Gasteiger partial charge in [0.2, 0.25) is 11.8 Å². The van der Waals surface area contributed by atoms with Gasteiger partial charge in [-0.2, -0.15) is 0 Å². The van der Waals surface area contributed by atoms with Crippen LogP contribution in [0.5, 0.6) is 5.75 Å². The Morgan fingerprint density at radius 1 is 1.12 bits per heavy atom. The lowest BCUT2D eigenvalue weighted by Crippen LogP contribution is -2.37. The molecule has 0 aliphatic carbocycles. The predicted octanol–water partition coefficient (Wildman–Crippen LogP) is 2.75. The Kier molecular flexibility index (Phi) is 6.91. The number of amides is 2. The highest BCUT2D eigenvalue weighted by molar-refractivity contribution is 6.31. The molecular formula is C18H25ClN2O3. The summed E-state index contributed by atoms with van der Waals surface area (Å²) < 4.78 is 5.12. The second-order valence-electron chi connectivity index (χ2n) is 6.00. The number of hydrogen-bond donors (Lipinski definition) is 0. The van der Waals surface area contributed by atoms with E-state index in [4.69, 9.17) is 16.3 Å². The SMILES string of the molecule is CCCC(=O)N1CCCN(C(=O)Cc2ccc(OC)cc2Cl)CC1. The Bertz CT molecular complexity index is 592. The van der Waals surface area contributed by atoms with Crippen molar-refractivity contribution < 1.29 is 14.3 Å². The fourth-order valence-electron chi connectivity index (χ4n) is 2.86. The molecule has 0 aromatic heterocycles. The summed E-state index contributed by atoms with van der Waals surface area (Å²) in [4.78, 5) is 28.3. The Balaban J connectivity index is 1.94. The molecule has 1 aliphatic heterocycles. The third kappa shape index (κ3) is 4.87. The summed E-state index contributed by atoms with van der Waals surface area (Å²) in [5.74, 6) is 0.910. The van der Waals surface area contributed by atoms with Crippen LogP contribution >= 0.6 is 11.6 Å². The van der Waals surface area contributed by atoms with Crippen LogP contribution in [0.4, 0.5) is 0 Å². The fraction of sp³-hybridized carbons (Fsp3) is 0.556. The Labute approximate surface area is 148 Å². The van der Waals surface area contributed by atoms with Crippen LogP contribution in [0.3, 0.4) is 0 Å². The first-order chi connectivity index (χ1) is 11.5. The van der Waals surface area contributed by atoms with Crippen LogP contribution in [0.25, 0.3) is 0 Å². The number of halogens is 1. The molecule has 0 N–H and O–H groups in total. The van der Waals surface area contributed by atoms with Gasteiger partial charge < -0.3 is 14.5 Å². The first-order valence-corrected chi connectivity index (χ1v) is 8.81. The van der Waals surface area contributed by atoms with E-state index in [1.807, 2.05) is 28.9 Å². The molecule has 5 nitrogen and oxygen atoms in total. The Morgan fingerprint density at radius 2 is 1.79 bits per heavy atom. The predicted molar refractivity (Wildman–Crippen MR) is 94.4 cm³/mol. The van der Waals surface area contributed by atoms with Gasteiger partial charge in [-0.1, -0.05) is 24.6 Å². The van der Waals surface area contributed by atoms with Gasteiger partial charge in [-0.3, -0.25) is 9.59 Å². The molecular weight excluding hydrogens is 328 g/mol. The van der Waals surface area contributed by atoms with Gasteiger partial charge in [-0.05, 0) is 30.5 Å². The summed E-state index contributed by atoms with van der Waals surface area (Å²) in [7, 11) is 1.58. The summed E-state index contributed by atoms with van der Waals surface area (Å²) in [5, 5.41) is 0.539. The third-order valence-corrected chi connectivity index (χ3v) is 4.62. The zero-order chi connectivity index (χ0) is 17.5. The molecule has 2 rings (SSSR count). The quantitative estimate of drug-likeness (QED) is 0.818. The molecule has 0 bridgehead atoms. The smallest absolute Gasteiger partial charge is 0.227 e. The third-order valence-electron chi connectivity index (χ3n) is 4.27. The van der Waals surface area contributed by atoms with Gasteiger partial charge in [0.15, 0.2) is 0 Å². The molecule has 0 saturated carbocycles. The molecule has 6 heteroatoms. The molecule has 1 aromatic carbocycles. The van der Waals surface area contributed by atoms with Crippen molar-refractivity contribution in [1.82, 2.24) is 9.80 Å². The van der Waals surface area contributed by atoms with E-state index in [1.165, 1.54) is 0 Å². The molecule has 0 radical (unpaired) electrons. The van der Waals surface area contributed by atoms with Crippen molar-refractivity contribution in [2.24, 2.45) is 0 Å². The van der Waals surface area contributed by atoms with Gasteiger partial charge in [0.1, 0.15) is 5.75 Å². The van der Waals surface area contributed by atoms with E-state index >= 15 is 0 Å². The largest absolute Gasteiger partial charge is 0.497 e. The summed E-state index contributed by atoms with van der Waals surface area (Å²) >= 11 is 6.22. The average molecular weight is 353 g/mol. The maximum absolute atomic E-state index is 12.6. The second kappa shape index (κ2) is 8.92. The number of carbonyl (C=O) groups excluding carboxylic acids is 2. The Hall–Kier alpha value is -1.75. The fourth-order valence-corrected chi connectivity index (χ4v) is 3.10. The first-order valence-electron chi connectivity index (χ1n) is 8.43. The summed E-state index contributed by atoms with van der Waals surface area (Å²) in [6.07, 6.45) is 2.52. The molecule has 1 saturated heterocycles. The van der Waals surface area contributed by atoms with Gasteiger partial charge in [-0.15, -0.1) is 0 Å². The molecule has 0 spiro atoms. The first kappa shape index (κ1) is 18.6. The number of ether oxygens (including phenoxy) is 1. The van der Waals surface area contributed by atoms with E-state index < -0.39 is 0 Å². The van der Waals surface area contributed by atoms with Gasteiger partial charge in [-0.25, -0.2) is 0 Å². The average Bonchev–Trinajstić information content (AvgIpc) is 2.83. The van der Waals surface area contributed by atoms with E-state index in [2.05, 4.69) is 0 Å². The van der Waals surface area contributed by atoms with Crippen LogP contribution < -0.4 is 4.74 Å². The monoisotopic (exact) mass is 352 g/mol. The molecule has 2 amide bonds. The molecule has 24 heavy (non-hydrogen) atoms. The molecule has 1 aliphatic rings. The normalized spacial score (nSPS) is 15.1. The van der Waals surface area contributed by atoms with Crippen LogP contribution in [0.1, 0.15) is 31.7 Å². The van der Waals surface area contributed by atoms with E-state index in [0.717, 1.165) is 24.9 Å². The van der Waals surface area contributed by atoms with Gasteiger partial charge in [0.05, 0.1) is 13.5 Å². The lowest BCUT2D eigenvalue weighted by molar-refractivity contribution is -0.133. The lowest BCUT2D eigenvalue weighted by Gasteiger charge is -2.22. The minimum atomic E-state index is 0.0480. The van der Waals surface area contributed by atoms with Crippen molar-refractivity contribution in [3.05, 3.63) is 28.8 Å². The second-order valence-corrected chi connectivity index (χ2v) is 6.41. The van der Waals surface area contributed by atoms with Crippen molar-refractivity contribution >= 4 is 23.4 Å². The van der Waals surface area contributed by atoms with E-state index in [0.29, 0.717) is 36.8 Å². The van der Waals surface area contributed by atoms with Gasteiger partial charge in [0.25, 0.3) is 0 Å². The van der Waals surface area contributed by atoms with E-state index in [-0.39, 0.29) is 18.2 Å². The molecule has 1 aromatic rings. The number of rotatable bonds is 5. The number of nitrogens with zero attached hydrogens (tertiary/aromatic N) is 2. The minimum absolute atomic E-state index is 0.0480. The molecule has 1 fully saturated rings. The highest BCUT2D eigenvalue weighted by Crippen LogP contribution is 2.23. The zero-order valence-electron chi connectivity index (χ0n) is 14.4. The topological polar surface area (TPSA) is 49.9 Å². The lowest BCUT2D eigenvalue weighted by atomic mass is 10.1. The van der Waals surface area contributed by atoms with Crippen molar-refractivity contribution in [3.63, 3.8) is 0 Å². The molecule has 0 unspecified atom stereocenters. The number of hydrogen-bond acceptors (Lipinski definition) is 3. The zero-order valence-corrected chi connectivity index (χ0v) is 15.1. The van der Waals surface area contributed by atoms with Crippen molar-refractivity contribution in [2.45, 2.75) is 32.6 Å². The minimum Gasteiger partial charge on any atom is -0.497 e. The van der Waals surface area contributed by atoms with Crippen LogP contribution in [-0.2, 0) is 16.0 Å². The highest BCUT2D eigenvalue weighted by Gasteiger charge is 2.22. The standard InChI is InChI=1S/C18H25ClN2O3/c1-3-5-17(22)20-8-4-9-21(11-10-20)18(23)12-14-6-7-15(24-2)13-16(14)19/h6-7,13H,3-5,8-12H2,1-2H3. The van der Waals surface area contributed by atoms with Gasteiger partial charge >= 0.3 is 0 Å². The maximum atomic E-state index is 12.6. The number of methoxy groups -OCH3 is 1. The maximum Gasteiger partial charge on any atom is 0.227 e. The number of carbonyl (C=O) groups is 2. The molecule has 0 atom stereocenters. The van der Waals surface area contributed by atoms with Crippen molar-refractivity contribution in [3.8, 4) is 5.75 Å². The summed E-state index contributed by atoms with van der Waals surface area (Å²) in [5.41, 5.74) is 0.797. The van der Waals surface area contributed by atoms with Crippen molar-refractivity contribution in [2.75, 3.05) is 33.3 Å². The molecule has 1 heterocycles.